The van der Waals surface area contributed by atoms with Crippen molar-refractivity contribution in [3.8, 4) is 5.75 Å². The SMILES string of the molecule is CC1(C)Cc2cc(C(O)CN)cc(Br)c2O1. The second kappa shape index (κ2) is 4.02. The van der Waals surface area contributed by atoms with E-state index in [0.717, 1.165) is 27.8 Å². The van der Waals surface area contributed by atoms with Crippen molar-refractivity contribution in [2.45, 2.75) is 32.0 Å². The van der Waals surface area contributed by atoms with Gasteiger partial charge < -0.3 is 15.6 Å². The highest BCUT2D eigenvalue weighted by Gasteiger charge is 2.32. The molecular formula is C12H16BrNO2. The molecule has 3 nitrogen and oxygen atoms in total. The van der Waals surface area contributed by atoms with E-state index < -0.39 is 6.10 Å². The lowest BCUT2D eigenvalue weighted by Crippen LogP contribution is -2.24. The summed E-state index contributed by atoms with van der Waals surface area (Å²) in [5.74, 6) is 0.887. The molecule has 3 N–H and O–H groups in total. The molecule has 1 unspecified atom stereocenters. The van der Waals surface area contributed by atoms with Gasteiger partial charge in [0.25, 0.3) is 0 Å². The van der Waals surface area contributed by atoms with Crippen LogP contribution in [0.3, 0.4) is 0 Å². The number of ether oxygens (including phenoxy) is 1. The van der Waals surface area contributed by atoms with Crippen LogP contribution in [0.2, 0.25) is 0 Å². The molecule has 1 aromatic carbocycles. The Morgan fingerprint density at radius 1 is 1.56 bits per heavy atom. The van der Waals surface area contributed by atoms with Crippen LogP contribution in [0.1, 0.15) is 31.1 Å². The minimum atomic E-state index is -0.606. The zero-order valence-electron chi connectivity index (χ0n) is 9.46. The van der Waals surface area contributed by atoms with Crippen LogP contribution in [0, 0.1) is 0 Å². The second-order valence-electron chi connectivity index (χ2n) is 4.78. The first-order valence-electron chi connectivity index (χ1n) is 5.32. The van der Waals surface area contributed by atoms with E-state index in [-0.39, 0.29) is 12.1 Å². The van der Waals surface area contributed by atoms with E-state index in [1.54, 1.807) is 0 Å². The summed E-state index contributed by atoms with van der Waals surface area (Å²) in [6.07, 6.45) is 0.247. The molecule has 1 atom stereocenters. The van der Waals surface area contributed by atoms with Crippen LogP contribution >= 0.6 is 15.9 Å². The largest absolute Gasteiger partial charge is 0.486 e. The number of aliphatic hydroxyl groups is 1. The Balaban J connectivity index is 2.42. The van der Waals surface area contributed by atoms with Crippen LogP contribution in [0.4, 0.5) is 0 Å². The standard InChI is InChI=1S/C12H16BrNO2/c1-12(2)5-8-3-7(10(15)6-14)4-9(13)11(8)16-12/h3-4,10,15H,5-6,14H2,1-2H3. The molecule has 0 spiro atoms. The van der Waals surface area contributed by atoms with Gasteiger partial charge in [-0.1, -0.05) is 0 Å². The average molecular weight is 286 g/mol. The quantitative estimate of drug-likeness (QED) is 0.876. The van der Waals surface area contributed by atoms with E-state index in [2.05, 4.69) is 29.8 Å². The normalized spacial score (nSPS) is 19.1. The van der Waals surface area contributed by atoms with E-state index in [9.17, 15) is 5.11 Å². The molecule has 0 amide bonds. The van der Waals surface area contributed by atoms with Gasteiger partial charge in [-0.2, -0.15) is 0 Å². The summed E-state index contributed by atoms with van der Waals surface area (Å²) in [6, 6.07) is 3.85. The van der Waals surface area contributed by atoms with Gasteiger partial charge in [-0.15, -0.1) is 0 Å². The molecule has 1 heterocycles. The first-order valence-corrected chi connectivity index (χ1v) is 6.12. The Labute approximate surface area is 104 Å². The van der Waals surface area contributed by atoms with Gasteiger partial charge >= 0.3 is 0 Å². The molecule has 0 bridgehead atoms. The first-order chi connectivity index (χ1) is 7.43. The maximum absolute atomic E-state index is 9.73. The Hall–Kier alpha value is -0.580. The molecule has 1 aliphatic heterocycles. The Kier molecular flexibility index (Phi) is 2.99. The van der Waals surface area contributed by atoms with Crippen molar-refractivity contribution in [3.05, 3.63) is 27.7 Å². The van der Waals surface area contributed by atoms with Crippen molar-refractivity contribution in [2.24, 2.45) is 5.73 Å². The number of aliphatic hydroxyl groups excluding tert-OH is 1. The van der Waals surface area contributed by atoms with Crippen molar-refractivity contribution in [1.82, 2.24) is 0 Å². The number of rotatable bonds is 2. The molecule has 0 radical (unpaired) electrons. The fourth-order valence-electron chi connectivity index (χ4n) is 2.02. The zero-order valence-corrected chi connectivity index (χ0v) is 11.0. The average Bonchev–Trinajstić information content (AvgIpc) is 2.52. The summed E-state index contributed by atoms with van der Waals surface area (Å²) in [6.45, 7) is 4.34. The third kappa shape index (κ3) is 2.10. The predicted octanol–water partition coefficient (Wildman–Crippen LogP) is 2.15. The fourth-order valence-corrected chi connectivity index (χ4v) is 2.62. The lowest BCUT2D eigenvalue weighted by atomic mass is 9.99. The molecule has 1 aromatic rings. The molecule has 16 heavy (non-hydrogen) atoms. The molecule has 0 fully saturated rings. The van der Waals surface area contributed by atoms with Gasteiger partial charge in [-0.25, -0.2) is 0 Å². The van der Waals surface area contributed by atoms with Crippen LogP contribution in [-0.4, -0.2) is 17.3 Å². The van der Waals surface area contributed by atoms with Crippen molar-refractivity contribution < 1.29 is 9.84 Å². The molecular weight excluding hydrogens is 270 g/mol. The number of halogens is 1. The summed E-state index contributed by atoms with van der Waals surface area (Å²) < 4.78 is 6.72. The fraction of sp³-hybridized carbons (Fsp3) is 0.500. The second-order valence-corrected chi connectivity index (χ2v) is 5.64. The third-order valence-electron chi connectivity index (χ3n) is 2.75. The van der Waals surface area contributed by atoms with Gasteiger partial charge in [0.15, 0.2) is 0 Å². The number of hydrogen-bond acceptors (Lipinski definition) is 3. The van der Waals surface area contributed by atoms with E-state index in [1.165, 1.54) is 0 Å². The van der Waals surface area contributed by atoms with Gasteiger partial charge in [0.2, 0.25) is 0 Å². The number of hydrogen-bond donors (Lipinski definition) is 2. The highest BCUT2D eigenvalue weighted by molar-refractivity contribution is 9.10. The van der Waals surface area contributed by atoms with Crippen LogP contribution in [0.25, 0.3) is 0 Å². The monoisotopic (exact) mass is 285 g/mol. The van der Waals surface area contributed by atoms with E-state index in [1.807, 2.05) is 12.1 Å². The van der Waals surface area contributed by atoms with Crippen LogP contribution in [-0.2, 0) is 6.42 Å². The minimum absolute atomic E-state index is 0.170. The van der Waals surface area contributed by atoms with Crippen molar-refractivity contribution in [1.29, 1.82) is 0 Å². The van der Waals surface area contributed by atoms with Crippen LogP contribution in [0.15, 0.2) is 16.6 Å². The number of fused-ring (bicyclic) bond motifs is 1. The summed E-state index contributed by atoms with van der Waals surface area (Å²) in [7, 11) is 0. The van der Waals surface area contributed by atoms with Gasteiger partial charge in [-0.3, -0.25) is 0 Å². The highest BCUT2D eigenvalue weighted by atomic mass is 79.9. The lowest BCUT2D eigenvalue weighted by Gasteiger charge is -2.17. The third-order valence-corrected chi connectivity index (χ3v) is 3.33. The Bertz CT molecular complexity index is 418. The van der Waals surface area contributed by atoms with Crippen LogP contribution in [0.5, 0.6) is 5.75 Å². The molecule has 4 heteroatoms. The lowest BCUT2D eigenvalue weighted by molar-refractivity contribution is 0.137. The van der Waals surface area contributed by atoms with Gasteiger partial charge in [-0.05, 0) is 53.0 Å². The molecule has 1 aliphatic rings. The smallest absolute Gasteiger partial charge is 0.137 e. The molecule has 88 valence electrons. The Morgan fingerprint density at radius 3 is 2.88 bits per heavy atom. The summed E-state index contributed by atoms with van der Waals surface area (Å²) in [4.78, 5) is 0. The number of nitrogens with two attached hydrogens (primary N) is 1. The topological polar surface area (TPSA) is 55.5 Å². The van der Waals surface area contributed by atoms with Crippen molar-refractivity contribution >= 4 is 15.9 Å². The highest BCUT2D eigenvalue weighted by Crippen LogP contribution is 2.41. The van der Waals surface area contributed by atoms with Crippen molar-refractivity contribution in [2.75, 3.05) is 6.54 Å². The molecule has 0 saturated heterocycles. The predicted molar refractivity (Wildman–Crippen MR) is 66.6 cm³/mol. The molecule has 0 saturated carbocycles. The molecule has 0 aliphatic carbocycles. The minimum Gasteiger partial charge on any atom is -0.486 e. The van der Waals surface area contributed by atoms with Crippen LogP contribution < -0.4 is 10.5 Å². The van der Waals surface area contributed by atoms with Gasteiger partial charge in [0, 0.05) is 13.0 Å². The zero-order chi connectivity index (χ0) is 11.9. The van der Waals surface area contributed by atoms with Gasteiger partial charge in [0.1, 0.15) is 11.4 Å². The van der Waals surface area contributed by atoms with E-state index in [4.69, 9.17) is 10.5 Å². The molecule has 2 rings (SSSR count). The summed E-state index contributed by atoms with van der Waals surface area (Å²) in [5, 5.41) is 9.73. The Morgan fingerprint density at radius 2 is 2.25 bits per heavy atom. The maximum Gasteiger partial charge on any atom is 0.137 e. The first kappa shape index (κ1) is 11.9. The maximum atomic E-state index is 9.73. The number of benzene rings is 1. The van der Waals surface area contributed by atoms with Crippen molar-refractivity contribution in [3.63, 3.8) is 0 Å². The van der Waals surface area contributed by atoms with E-state index >= 15 is 0 Å². The summed E-state index contributed by atoms with van der Waals surface area (Å²) >= 11 is 3.47. The van der Waals surface area contributed by atoms with Gasteiger partial charge in [0.05, 0.1) is 10.6 Å². The molecule has 0 aromatic heterocycles. The van der Waals surface area contributed by atoms with E-state index in [0.29, 0.717) is 0 Å². The summed E-state index contributed by atoms with van der Waals surface area (Å²) in [5.41, 5.74) is 7.26.